The monoisotopic (exact) mass is 397 g/mol. The maximum atomic E-state index is 11.7. The van der Waals surface area contributed by atoms with E-state index in [1.807, 2.05) is 30.5 Å². The first kappa shape index (κ1) is 17.5. The summed E-state index contributed by atoms with van der Waals surface area (Å²) in [4.78, 5) is 24.4. The van der Waals surface area contributed by atoms with Crippen LogP contribution in [0.1, 0.15) is 17.8 Å². The van der Waals surface area contributed by atoms with Crippen LogP contribution in [0.5, 0.6) is 5.75 Å². The number of nitrogens with one attached hydrogen (secondary N) is 1. The molecule has 0 radical (unpaired) electrons. The molecular formula is C16H16BrNO4S. The van der Waals surface area contributed by atoms with E-state index >= 15 is 0 Å². The standard InChI is InChI=1S/C16H16BrNO4S/c1-11(14-6-3-7-23-14)18-15(19)9-22-16(20)10-21-13-5-2-4-12(17)8-13/h2-8,11H,9-10H2,1H3,(H,18,19)/t11-/m1/s1. The first-order valence-electron chi connectivity index (χ1n) is 6.91. The number of ether oxygens (including phenoxy) is 2. The van der Waals surface area contributed by atoms with Crippen molar-refractivity contribution in [3.63, 3.8) is 0 Å². The highest BCUT2D eigenvalue weighted by molar-refractivity contribution is 9.10. The fourth-order valence-electron chi connectivity index (χ4n) is 1.78. The number of benzene rings is 1. The molecule has 0 unspecified atom stereocenters. The van der Waals surface area contributed by atoms with Gasteiger partial charge >= 0.3 is 5.97 Å². The van der Waals surface area contributed by atoms with Crippen molar-refractivity contribution in [3.8, 4) is 5.75 Å². The number of carbonyl (C=O) groups is 2. The van der Waals surface area contributed by atoms with Gasteiger partial charge in [-0.15, -0.1) is 11.3 Å². The number of carbonyl (C=O) groups excluding carboxylic acids is 2. The van der Waals surface area contributed by atoms with Crippen molar-refractivity contribution < 1.29 is 19.1 Å². The Labute approximate surface area is 146 Å². The van der Waals surface area contributed by atoms with Gasteiger partial charge in [-0.2, -0.15) is 0 Å². The molecule has 5 nitrogen and oxygen atoms in total. The summed E-state index contributed by atoms with van der Waals surface area (Å²) in [5.74, 6) is -0.391. The number of rotatable bonds is 7. The molecule has 1 aromatic carbocycles. The van der Waals surface area contributed by atoms with Crippen molar-refractivity contribution in [2.24, 2.45) is 0 Å². The van der Waals surface area contributed by atoms with E-state index in [-0.39, 0.29) is 25.2 Å². The lowest BCUT2D eigenvalue weighted by Gasteiger charge is -2.12. The summed E-state index contributed by atoms with van der Waals surface area (Å²) in [7, 11) is 0. The molecule has 0 fully saturated rings. The van der Waals surface area contributed by atoms with Gasteiger partial charge in [0, 0.05) is 9.35 Å². The van der Waals surface area contributed by atoms with Crippen molar-refractivity contribution in [1.29, 1.82) is 0 Å². The summed E-state index contributed by atoms with van der Waals surface area (Å²) in [6.45, 7) is 1.31. The SMILES string of the molecule is C[C@@H](NC(=O)COC(=O)COc1cccc(Br)c1)c1cccs1. The van der Waals surface area contributed by atoms with E-state index in [2.05, 4.69) is 21.2 Å². The minimum Gasteiger partial charge on any atom is -0.482 e. The van der Waals surface area contributed by atoms with Crippen LogP contribution in [-0.4, -0.2) is 25.1 Å². The molecule has 2 rings (SSSR count). The van der Waals surface area contributed by atoms with Crippen molar-refractivity contribution in [1.82, 2.24) is 5.32 Å². The van der Waals surface area contributed by atoms with E-state index in [4.69, 9.17) is 9.47 Å². The highest BCUT2D eigenvalue weighted by Crippen LogP contribution is 2.18. The molecule has 7 heteroatoms. The predicted octanol–water partition coefficient (Wildman–Crippen LogP) is 3.31. The molecule has 1 N–H and O–H groups in total. The van der Waals surface area contributed by atoms with Gasteiger partial charge in [-0.05, 0) is 36.6 Å². The topological polar surface area (TPSA) is 64.6 Å². The fraction of sp³-hybridized carbons (Fsp3) is 0.250. The van der Waals surface area contributed by atoms with Crippen molar-refractivity contribution in [2.45, 2.75) is 13.0 Å². The summed E-state index contributed by atoms with van der Waals surface area (Å²) in [5.41, 5.74) is 0. The smallest absolute Gasteiger partial charge is 0.344 e. The second kappa shape index (κ2) is 8.69. The Morgan fingerprint density at radius 3 is 2.78 bits per heavy atom. The Morgan fingerprint density at radius 1 is 1.26 bits per heavy atom. The second-order valence-corrected chi connectivity index (χ2v) is 6.61. The van der Waals surface area contributed by atoms with Crippen LogP contribution >= 0.6 is 27.3 Å². The van der Waals surface area contributed by atoms with E-state index in [1.165, 1.54) is 0 Å². The Balaban J connectivity index is 1.68. The van der Waals surface area contributed by atoms with Crippen LogP contribution < -0.4 is 10.1 Å². The molecule has 0 saturated heterocycles. The third kappa shape index (κ3) is 6.03. The molecule has 0 aliphatic rings. The van der Waals surface area contributed by atoms with Gasteiger partial charge < -0.3 is 14.8 Å². The van der Waals surface area contributed by atoms with Gasteiger partial charge in [0.2, 0.25) is 0 Å². The van der Waals surface area contributed by atoms with E-state index < -0.39 is 5.97 Å². The van der Waals surface area contributed by atoms with Gasteiger partial charge in [0.1, 0.15) is 5.75 Å². The number of hydrogen-bond donors (Lipinski definition) is 1. The van der Waals surface area contributed by atoms with Crippen molar-refractivity contribution in [3.05, 3.63) is 51.1 Å². The quantitative estimate of drug-likeness (QED) is 0.727. The molecule has 122 valence electrons. The van der Waals surface area contributed by atoms with Crippen molar-refractivity contribution in [2.75, 3.05) is 13.2 Å². The minimum atomic E-state index is -0.594. The molecule has 1 heterocycles. The van der Waals surface area contributed by atoms with E-state index in [9.17, 15) is 9.59 Å². The number of halogens is 1. The van der Waals surface area contributed by atoms with Crippen LogP contribution in [-0.2, 0) is 14.3 Å². The van der Waals surface area contributed by atoms with Crippen molar-refractivity contribution >= 4 is 39.1 Å². The Morgan fingerprint density at radius 2 is 2.09 bits per heavy atom. The zero-order valence-electron chi connectivity index (χ0n) is 12.5. The second-order valence-electron chi connectivity index (χ2n) is 4.71. The van der Waals surface area contributed by atoms with Crippen LogP contribution in [0.15, 0.2) is 46.3 Å². The van der Waals surface area contributed by atoms with Crippen LogP contribution in [0.4, 0.5) is 0 Å². The molecule has 0 bridgehead atoms. The molecule has 0 aliphatic heterocycles. The van der Waals surface area contributed by atoms with E-state index in [0.29, 0.717) is 5.75 Å². The van der Waals surface area contributed by atoms with E-state index in [1.54, 1.807) is 29.5 Å². The molecule has 1 atom stereocenters. The lowest BCUT2D eigenvalue weighted by molar-refractivity contribution is -0.150. The Bertz CT molecular complexity index is 660. The number of hydrogen-bond acceptors (Lipinski definition) is 5. The fourth-order valence-corrected chi connectivity index (χ4v) is 2.89. The Hall–Kier alpha value is -1.86. The molecule has 2 aromatic rings. The third-order valence-electron chi connectivity index (χ3n) is 2.86. The molecule has 0 aliphatic carbocycles. The average Bonchev–Trinajstić information content (AvgIpc) is 3.05. The molecule has 0 saturated carbocycles. The van der Waals surface area contributed by atoms with Gasteiger partial charge in [0.15, 0.2) is 13.2 Å². The summed E-state index contributed by atoms with van der Waals surface area (Å²) in [6.07, 6.45) is 0. The van der Waals surface area contributed by atoms with Gasteiger partial charge in [0.25, 0.3) is 5.91 Å². The first-order chi connectivity index (χ1) is 11.0. The highest BCUT2D eigenvalue weighted by Gasteiger charge is 2.12. The highest BCUT2D eigenvalue weighted by atomic mass is 79.9. The number of thiophene rings is 1. The van der Waals surface area contributed by atoms with Crippen LogP contribution in [0.25, 0.3) is 0 Å². The van der Waals surface area contributed by atoms with Gasteiger partial charge in [0.05, 0.1) is 6.04 Å². The zero-order chi connectivity index (χ0) is 16.7. The zero-order valence-corrected chi connectivity index (χ0v) is 14.9. The molecule has 1 aromatic heterocycles. The predicted molar refractivity (Wildman–Crippen MR) is 91.5 cm³/mol. The molecule has 1 amide bonds. The maximum absolute atomic E-state index is 11.7. The minimum absolute atomic E-state index is 0.112. The largest absolute Gasteiger partial charge is 0.482 e. The van der Waals surface area contributed by atoms with Crippen LogP contribution in [0, 0.1) is 0 Å². The third-order valence-corrected chi connectivity index (χ3v) is 4.41. The summed E-state index contributed by atoms with van der Waals surface area (Å²) >= 11 is 4.87. The van der Waals surface area contributed by atoms with Gasteiger partial charge in [-0.3, -0.25) is 4.79 Å². The summed E-state index contributed by atoms with van der Waals surface area (Å²) in [5, 5.41) is 4.71. The van der Waals surface area contributed by atoms with Gasteiger partial charge in [-0.25, -0.2) is 4.79 Å². The average molecular weight is 398 g/mol. The molecular weight excluding hydrogens is 382 g/mol. The lowest BCUT2D eigenvalue weighted by Crippen LogP contribution is -2.31. The van der Waals surface area contributed by atoms with Crippen LogP contribution in [0.3, 0.4) is 0 Å². The lowest BCUT2D eigenvalue weighted by atomic mass is 10.3. The summed E-state index contributed by atoms with van der Waals surface area (Å²) < 4.78 is 11.0. The first-order valence-corrected chi connectivity index (χ1v) is 8.58. The molecule has 0 spiro atoms. The summed E-state index contributed by atoms with van der Waals surface area (Å²) in [6, 6.07) is 10.9. The normalized spacial score (nSPS) is 11.6. The molecule has 23 heavy (non-hydrogen) atoms. The number of amides is 1. The van der Waals surface area contributed by atoms with Crippen LogP contribution in [0.2, 0.25) is 0 Å². The van der Waals surface area contributed by atoms with E-state index in [0.717, 1.165) is 9.35 Å². The van der Waals surface area contributed by atoms with Gasteiger partial charge in [-0.1, -0.05) is 28.1 Å². The maximum Gasteiger partial charge on any atom is 0.344 e. The number of esters is 1. The Kier molecular flexibility index (Phi) is 6.61.